The Morgan fingerprint density at radius 2 is 2.00 bits per heavy atom. The van der Waals surface area contributed by atoms with Crippen molar-refractivity contribution >= 4 is 0 Å². The third kappa shape index (κ3) is 4.33. The molecule has 1 aliphatic rings. The van der Waals surface area contributed by atoms with E-state index in [4.69, 9.17) is 0 Å². The maximum Gasteiger partial charge on any atom is -0.00698 e. The Morgan fingerprint density at radius 3 is 2.56 bits per heavy atom. The summed E-state index contributed by atoms with van der Waals surface area (Å²) >= 11 is 0. The zero-order chi connectivity index (χ0) is 13.4. The van der Waals surface area contributed by atoms with Crippen LogP contribution in [0.5, 0.6) is 0 Å². The average Bonchev–Trinajstić information content (AvgIpc) is 2.30. The SMILES string of the molecule is CC.CC/C=C(/C)Cc1cccc(C2CCC2)c1. The lowest BCUT2D eigenvalue weighted by molar-refractivity contribution is 0.419. The van der Waals surface area contributed by atoms with Crippen LogP contribution in [-0.2, 0) is 6.42 Å². The largest absolute Gasteiger partial charge is 0.0855 e. The predicted octanol–water partition coefficient (Wildman–Crippen LogP) is 5.88. The van der Waals surface area contributed by atoms with E-state index in [0.717, 1.165) is 18.8 Å². The summed E-state index contributed by atoms with van der Waals surface area (Å²) in [4.78, 5) is 0. The number of hydrogen-bond donors (Lipinski definition) is 0. The van der Waals surface area contributed by atoms with E-state index in [2.05, 4.69) is 44.2 Å². The van der Waals surface area contributed by atoms with Crippen LogP contribution in [0.3, 0.4) is 0 Å². The van der Waals surface area contributed by atoms with Gasteiger partial charge >= 0.3 is 0 Å². The molecule has 0 radical (unpaired) electrons. The Bertz CT molecular complexity index is 369. The summed E-state index contributed by atoms with van der Waals surface area (Å²) in [6, 6.07) is 9.19. The molecule has 1 aliphatic carbocycles. The fraction of sp³-hybridized carbons (Fsp3) is 0.556. The Balaban J connectivity index is 0.000000771. The normalized spacial score (nSPS) is 15.7. The van der Waals surface area contributed by atoms with Crippen molar-refractivity contribution in [2.75, 3.05) is 0 Å². The van der Waals surface area contributed by atoms with Crippen LogP contribution in [0.4, 0.5) is 0 Å². The smallest absolute Gasteiger partial charge is 0.00698 e. The quantitative estimate of drug-likeness (QED) is 0.580. The van der Waals surface area contributed by atoms with Gasteiger partial charge in [0.15, 0.2) is 0 Å². The summed E-state index contributed by atoms with van der Waals surface area (Å²) in [5, 5.41) is 0. The molecule has 0 unspecified atom stereocenters. The fourth-order valence-electron chi connectivity index (χ4n) is 2.44. The van der Waals surface area contributed by atoms with Gasteiger partial charge in [0.25, 0.3) is 0 Å². The Labute approximate surface area is 113 Å². The van der Waals surface area contributed by atoms with Gasteiger partial charge < -0.3 is 0 Å². The van der Waals surface area contributed by atoms with Crippen LogP contribution in [0, 0.1) is 0 Å². The van der Waals surface area contributed by atoms with Crippen LogP contribution < -0.4 is 0 Å². The molecule has 0 aromatic heterocycles. The topological polar surface area (TPSA) is 0 Å². The molecule has 0 nitrogen and oxygen atoms in total. The van der Waals surface area contributed by atoms with E-state index in [1.54, 1.807) is 5.56 Å². The Hall–Kier alpha value is -1.04. The van der Waals surface area contributed by atoms with Crippen LogP contribution in [0.1, 0.15) is 70.4 Å². The minimum absolute atomic E-state index is 0.857. The van der Waals surface area contributed by atoms with E-state index in [0.29, 0.717) is 0 Å². The predicted molar refractivity (Wildman–Crippen MR) is 82.1 cm³/mol. The van der Waals surface area contributed by atoms with Crippen molar-refractivity contribution < 1.29 is 0 Å². The molecule has 0 aliphatic heterocycles. The molecule has 100 valence electrons. The maximum absolute atomic E-state index is 2.41. The van der Waals surface area contributed by atoms with Crippen LogP contribution >= 0.6 is 0 Å². The minimum atomic E-state index is 0.857. The maximum atomic E-state index is 2.41. The van der Waals surface area contributed by atoms with Crippen molar-refractivity contribution in [3.05, 3.63) is 47.0 Å². The first-order valence-electron chi connectivity index (χ1n) is 7.54. The van der Waals surface area contributed by atoms with Gasteiger partial charge in [-0.15, -0.1) is 0 Å². The lowest BCUT2D eigenvalue weighted by Gasteiger charge is -2.26. The Kier molecular flexibility index (Phi) is 6.78. The second-order valence-electron chi connectivity index (χ2n) is 5.01. The first-order chi connectivity index (χ1) is 8.79. The zero-order valence-corrected chi connectivity index (χ0v) is 12.5. The van der Waals surface area contributed by atoms with Gasteiger partial charge in [-0.1, -0.05) is 63.1 Å². The van der Waals surface area contributed by atoms with Gasteiger partial charge in [-0.05, 0) is 49.7 Å². The molecule has 0 heteroatoms. The van der Waals surface area contributed by atoms with E-state index in [9.17, 15) is 0 Å². The molecule has 18 heavy (non-hydrogen) atoms. The van der Waals surface area contributed by atoms with Crippen molar-refractivity contribution in [1.29, 1.82) is 0 Å². The molecule has 0 saturated heterocycles. The summed E-state index contributed by atoms with van der Waals surface area (Å²) in [5.41, 5.74) is 4.54. The first-order valence-corrected chi connectivity index (χ1v) is 7.54. The summed E-state index contributed by atoms with van der Waals surface area (Å²) in [7, 11) is 0. The van der Waals surface area contributed by atoms with Gasteiger partial charge in [0.2, 0.25) is 0 Å². The lowest BCUT2D eigenvalue weighted by atomic mass is 9.79. The van der Waals surface area contributed by atoms with Crippen molar-refractivity contribution in [3.8, 4) is 0 Å². The van der Waals surface area contributed by atoms with Gasteiger partial charge in [0.1, 0.15) is 0 Å². The van der Waals surface area contributed by atoms with E-state index < -0.39 is 0 Å². The average molecular weight is 244 g/mol. The van der Waals surface area contributed by atoms with Gasteiger partial charge in [-0.2, -0.15) is 0 Å². The first kappa shape index (κ1) is 15.0. The molecular weight excluding hydrogens is 216 g/mol. The van der Waals surface area contributed by atoms with Crippen LogP contribution in [-0.4, -0.2) is 0 Å². The molecule has 2 rings (SSSR count). The second kappa shape index (κ2) is 8.13. The van der Waals surface area contributed by atoms with Crippen LogP contribution in [0.15, 0.2) is 35.9 Å². The van der Waals surface area contributed by atoms with Gasteiger partial charge in [0, 0.05) is 0 Å². The monoisotopic (exact) mass is 244 g/mol. The highest BCUT2D eigenvalue weighted by molar-refractivity contribution is 5.30. The highest BCUT2D eigenvalue weighted by Gasteiger charge is 2.19. The van der Waals surface area contributed by atoms with Gasteiger partial charge in [-0.25, -0.2) is 0 Å². The third-order valence-corrected chi connectivity index (χ3v) is 3.56. The highest BCUT2D eigenvalue weighted by Crippen LogP contribution is 2.36. The molecule has 0 heterocycles. The summed E-state index contributed by atoms with van der Waals surface area (Å²) in [6.07, 6.45) is 8.81. The molecule has 1 saturated carbocycles. The molecule has 1 fully saturated rings. The second-order valence-corrected chi connectivity index (χ2v) is 5.01. The number of allylic oxidation sites excluding steroid dienone is 2. The number of benzene rings is 1. The van der Waals surface area contributed by atoms with Crippen molar-refractivity contribution in [2.45, 2.75) is 65.7 Å². The lowest BCUT2D eigenvalue weighted by Crippen LogP contribution is -2.08. The van der Waals surface area contributed by atoms with Crippen molar-refractivity contribution in [3.63, 3.8) is 0 Å². The fourth-order valence-corrected chi connectivity index (χ4v) is 2.44. The standard InChI is InChI=1S/C16H22.C2H6/c1-3-6-13(2)11-14-7-4-10-16(12-14)15-8-5-9-15;1-2/h4,6-7,10,12,15H,3,5,8-9,11H2,1-2H3;1-2H3/b13-6-;. The molecular formula is C18H28. The number of rotatable bonds is 4. The van der Waals surface area contributed by atoms with Gasteiger partial charge in [0.05, 0.1) is 0 Å². The minimum Gasteiger partial charge on any atom is -0.0855 e. The van der Waals surface area contributed by atoms with Crippen LogP contribution in [0.2, 0.25) is 0 Å². The summed E-state index contributed by atoms with van der Waals surface area (Å²) in [6.45, 7) is 8.44. The Morgan fingerprint density at radius 1 is 1.28 bits per heavy atom. The number of hydrogen-bond acceptors (Lipinski definition) is 0. The van der Waals surface area contributed by atoms with Crippen LogP contribution in [0.25, 0.3) is 0 Å². The zero-order valence-electron chi connectivity index (χ0n) is 12.5. The van der Waals surface area contributed by atoms with E-state index in [1.807, 2.05) is 13.8 Å². The highest BCUT2D eigenvalue weighted by atomic mass is 14.2. The molecule has 0 amide bonds. The molecule has 0 atom stereocenters. The summed E-state index contributed by atoms with van der Waals surface area (Å²) < 4.78 is 0. The van der Waals surface area contributed by atoms with Crippen molar-refractivity contribution in [2.24, 2.45) is 0 Å². The molecule has 0 bridgehead atoms. The van der Waals surface area contributed by atoms with Crippen molar-refractivity contribution in [1.82, 2.24) is 0 Å². The third-order valence-electron chi connectivity index (χ3n) is 3.56. The molecule has 0 spiro atoms. The van der Waals surface area contributed by atoms with E-state index >= 15 is 0 Å². The van der Waals surface area contributed by atoms with Gasteiger partial charge in [-0.3, -0.25) is 0 Å². The summed E-state index contributed by atoms with van der Waals surface area (Å²) in [5.74, 6) is 0.857. The molecule has 0 N–H and O–H groups in total. The molecule has 1 aromatic carbocycles. The van der Waals surface area contributed by atoms with E-state index in [-0.39, 0.29) is 0 Å². The van der Waals surface area contributed by atoms with E-state index in [1.165, 1.54) is 30.4 Å². The molecule has 1 aromatic rings.